The average Bonchev–Trinajstić information content (AvgIpc) is 2.66. The zero-order chi connectivity index (χ0) is 11.1. The Morgan fingerprint density at radius 2 is 2.07 bits per heavy atom. The van der Waals surface area contributed by atoms with Gasteiger partial charge in [-0.05, 0) is 17.7 Å². The largest absolute Gasteiger partial charge is 0.504 e. The van der Waals surface area contributed by atoms with E-state index in [1.54, 1.807) is 12.1 Å². The molecule has 0 aliphatic carbocycles. The predicted molar refractivity (Wildman–Crippen MR) is 54.3 cm³/mol. The van der Waals surface area contributed by atoms with Crippen molar-refractivity contribution < 1.29 is 19.7 Å². The van der Waals surface area contributed by atoms with Gasteiger partial charge in [-0.15, -0.1) is 0 Å². The van der Waals surface area contributed by atoms with E-state index in [1.807, 2.05) is 13.8 Å². The maximum absolute atomic E-state index is 9.68. The summed E-state index contributed by atoms with van der Waals surface area (Å²) < 4.78 is 10.3. The van der Waals surface area contributed by atoms with Crippen LogP contribution in [0.2, 0.25) is 0 Å². The molecule has 0 unspecified atom stereocenters. The molecule has 1 heterocycles. The van der Waals surface area contributed by atoms with E-state index in [9.17, 15) is 10.2 Å². The van der Waals surface area contributed by atoms with Gasteiger partial charge in [0.2, 0.25) is 12.5 Å². The van der Waals surface area contributed by atoms with Gasteiger partial charge in [0.15, 0.2) is 11.5 Å². The van der Waals surface area contributed by atoms with Gasteiger partial charge in [0, 0.05) is 5.41 Å². The van der Waals surface area contributed by atoms with Gasteiger partial charge in [0.1, 0.15) is 0 Å². The summed E-state index contributed by atoms with van der Waals surface area (Å²) in [6.45, 7) is 3.92. The first-order chi connectivity index (χ1) is 7.04. The Balaban J connectivity index is 2.48. The van der Waals surface area contributed by atoms with Gasteiger partial charge >= 0.3 is 0 Å². The molecule has 1 aliphatic rings. The fourth-order valence-corrected chi connectivity index (χ4v) is 1.47. The van der Waals surface area contributed by atoms with Crippen LogP contribution >= 0.6 is 0 Å². The molecule has 0 atom stereocenters. The number of aromatic hydroxyl groups is 1. The molecule has 4 heteroatoms. The molecule has 0 saturated heterocycles. The minimum Gasteiger partial charge on any atom is -0.504 e. The summed E-state index contributed by atoms with van der Waals surface area (Å²) in [5.74, 6) is 0.973. The summed E-state index contributed by atoms with van der Waals surface area (Å²) in [5.41, 5.74) is 0.421. The quantitative estimate of drug-likeness (QED) is 0.774. The standard InChI is InChI=1S/C11H14O4/c1-11(2,5-12)7-3-8(13)10-9(4-7)14-6-15-10/h3-4,12-13H,5-6H2,1-2H3. The van der Waals surface area contributed by atoms with Crippen LogP contribution in [0.3, 0.4) is 0 Å². The third-order valence-corrected chi connectivity index (χ3v) is 2.63. The van der Waals surface area contributed by atoms with Crippen molar-refractivity contribution in [2.24, 2.45) is 0 Å². The topological polar surface area (TPSA) is 58.9 Å². The van der Waals surface area contributed by atoms with Crippen molar-refractivity contribution in [2.75, 3.05) is 13.4 Å². The number of phenols is 1. The maximum Gasteiger partial charge on any atom is 0.231 e. The number of hydrogen-bond donors (Lipinski definition) is 2. The van der Waals surface area contributed by atoms with E-state index in [1.165, 1.54) is 0 Å². The van der Waals surface area contributed by atoms with Crippen molar-refractivity contribution in [3.05, 3.63) is 17.7 Å². The number of fused-ring (bicyclic) bond motifs is 1. The zero-order valence-electron chi connectivity index (χ0n) is 8.78. The molecule has 2 N–H and O–H groups in total. The number of ether oxygens (including phenoxy) is 2. The Morgan fingerprint density at radius 3 is 2.73 bits per heavy atom. The molecular weight excluding hydrogens is 196 g/mol. The van der Waals surface area contributed by atoms with E-state index in [2.05, 4.69) is 0 Å². The minimum atomic E-state index is -0.404. The summed E-state index contributed by atoms with van der Waals surface area (Å²) in [6, 6.07) is 3.39. The SMILES string of the molecule is CC(C)(CO)c1cc(O)c2c(c1)OCO2. The Kier molecular flexibility index (Phi) is 2.23. The Hall–Kier alpha value is -1.42. The monoisotopic (exact) mass is 210 g/mol. The van der Waals surface area contributed by atoms with Crippen LogP contribution in [0.1, 0.15) is 19.4 Å². The highest BCUT2D eigenvalue weighted by molar-refractivity contribution is 5.55. The van der Waals surface area contributed by atoms with E-state index >= 15 is 0 Å². The first-order valence-electron chi connectivity index (χ1n) is 4.78. The maximum atomic E-state index is 9.68. The van der Waals surface area contributed by atoms with E-state index < -0.39 is 5.41 Å². The summed E-state index contributed by atoms with van der Waals surface area (Å²) in [7, 11) is 0. The number of phenolic OH excluding ortho intramolecular Hbond substituents is 1. The van der Waals surface area contributed by atoms with Crippen molar-refractivity contribution in [1.29, 1.82) is 0 Å². The highest BCUT2D eigenvalue weighted by atomic mass is 16.7. The lowest BCUT2D eigenvalue weighted by Gasteiger charge is -2.22. The predicted octanol–water partition coefficient (Wildman–Crippen LogP) is 1.39. The smallest absolute Gasteiger partial charge is 0.231 e. The third-order valence-electron chi connectivity index (χ3n) is 2.63. The van der Waals surface area contributed by atoms with E-state index in [-0.39, 0.29) is 19.1 Å². The molecule has 1 aliphatic heterocycles. The van der Waals surface area contributed by atoms with E-state index in [0.29, 0.717) is 11.5 Å². The first-order valence-corrected chi connectivity index (χ1v) is 4.78. The van der Waals surface area contributed by atoms with Crippen LogP contribution in [0.15, 0.2) is 12.1 Å². The van der Waals surface area contributed by atoms with Crippen molar-refractivity contribution >= 4 is 0 Å². The number of aliphatic hydroxyl groups is 1. The number of rotatable bonds is 2. The second-order valence-corrected chi connectivity index (χ2v) is 4.27. The fraction of sp³-hybridized carbons (Fsp3) is 0.455. The highest BCUT2D eigenvalue weighted by Crippen LogP contribution is 2.43. The molecule has 0 saturated carbocycles. The second-order valence-electron chi connectivity index (χ2n) is 4.27. The fourth-order valence-electron chi connectivity index (χ4n) is 1.47. The van der Waals surface area contributed by atoms with Gasteiger partial charge < -0.3 is 19.7 Å². The molecule has 1 aromatic rings. The molecule has 15 heavy (non-hydrogen) atoms. The molecule has 2 rings (SSSR count). The summed E-state index contributed by atoms with van der Waals surface area (Å²) in [5, 5.41) is 18.9. The molecule has 1 aromatic carbocycles. The van der Waals surface area contributed by atoms with Crippen LogP contribution in [0.4, 0.5) is 0 Å². The molecule has 0 amide bonds. The van der Waals surface area contributed by atoms with Crippen LogP contribution in [0, 0.1) is 0 Å². The minimum absolute atomic E-state index is 0.00604. The van der Waals surface area contributed by atoms with Gasteiger partial charge in [-0.1, -0.05) is 13.8 Å². The average molecular weight is 210 g/mol. The highest BCUT2D eigenvalue weighted by Gasteiger charge is 2.26. The molecule has 0 radical (unpaired) electrons. The van der Waals surface area contributed by atoms with Crippen molar-refractivity contribution in [3.8, 4) is 17.2 Å². The van der Waals surface area contributed by atoms with E-state index in [4.69, 9.17) is 9.47 Å². The Labute approximate surface area is 88.1 Å². The normalized spacial score (nSPS) is 14.3. The lowest BCUT2D eigenvalue weighted by molar-refractivity contribution is 0.171. The van der Waals surface area contributed by atoms with Gasteiger partial charge in [-0.25, -0.2) is 0 Å². The summed E-state index contributed by atoms with van der Waals surface area (Å²) in [6.07, 6.45) is 0. The molecule has 0 aromatic heterocycles. The molecule has 0 spiro atoms. The van der Waals surface area contributed by atoms with Crippen LogP contribution in [0.25, 0.3) is 0 Å². The van der Waals surface area contributed by atoms with Crippen LogP contribution in [-0.4, -0.2) is 23.6 Å². The van der Waals surface area contributed by atoms with Gasteiger partial charge in [-0.3, -0.25) is 0 Å². The number of aliphatic hydroxyl groups excluding tert-OH is 1. The van der Waals surface area contributed by atoms with Crippen molar-refractivity contribution in [2.45, 2.75) is 19.3 Å². The summed E-state index contributed by atoms with van der Waals surface area (Å²) >= 11 is 0. The van der Waals surface area contributed by atoms with Crippen molar-refractivity contribution in [1.82, 2.24) is 0 Å². The van der Waals surface area contributed by atoms with Crippen LogP contribution < -0.4 is 9.47 Å². The van der Waals surface area contributed by atoms with Gasteiger partial charge in [0.25, 0.3) is 0 Å². The Bertz CT molecular complexity index is 384. The third kappa shape index (κ3) is 1.61. The summed E-state index contributed by atoms with van der Waals surface area (Å²) in [4.78, 5) is 0. The molecule has 0 bridgehead atoms. The number of benzene rings is 1. The zero-order valence-corrected chi connectivity index (χ0v) is 8.78. The van der Waals surface area contributed by atoms with E-state index in [0.717, 1.165) is 5.56 Å². The second kappa shape index (κ2) is 3.31. The number of hydrogen-bond acceptors (Lipinski definition) is 4. The van der Waals surface area contributed by atoms with Crippen molar-refractivity contribution in [3.63, 3.8) is 0 Å². The molecule has 82 valence electrons. The Morgan fingerprint density at radius 1 is 1.33 bits per heavy atom. The molecular formula is C11H14O4. The van der Waals surface area contributed by atoms with Crippen LogP contribution in [0.5, 0.6) is 17.2 Å². The molecule has 4 nitrogen and oxygen atoms in total. The lowest BCUT2D eigenvalue weighted by Crippen LogP contribution is -2.21. The molecule has 0 fully saturated rings. The van der Waals surface area contributed by atoms with Crippen LogP contribution in [-0.2, 0) is 5.41 Å². The van der Waals surface area contributed by atoms with Gasteiger partial charge in [-0.2, -0.15) is 0 Å². The van der Waals surface area contributed by atoms with Gasteiger partial charge in [0.05, 0.1) is 6.61 Å². The lowest BCUT2D eigenvalue weighted by atomic mass is 9.85. The first kappa shape index (κ1) is 10.1.